The molecule has 1 saturated heterocycles. The molecule has 23 heavy (non-hydrogen) atoms. The molecular weight excluding hydrogens is 349 g/mol. The summed E-state index contributed by atoms with van der Waals surface area (Å²) in [6, 6.07) is 0. The highest BCUT2D eigenvalue weighted by atomic mass is 32.2. The number of methoxy groups -OCH3 is 4. The van der Waals surface area contributed by atoms with Crippen LogP contribution in [0.2, 0.25) is 0 Å². The van der Waals surface area contributed by atoms with Crippen LogP contribution in [0.25, 0.3) is 0 Å². The number of hydrogen-bond acceptors (Lipinski definition) is 8. The fourth-order valence-electron chi connectivity index (χ4n) is 2.24. The molecule has 1 aliphatic rings. The lowest BCUT2D eigenvalue weighted by Crippen LogP contribution is -2.61. The second kappa shape index (κ2) is 8.05. The molecule has 0 aromatic rings. The van der Waals surface area contributed by atoms with Crippen LogP contribution < -0.4 is 0 Å². The molecule has 0 saturated carbocycles. The summed E-state index contributed by atoms with van der Waals surface area (Å²) in [6.45, 7) is -0.0826. The van der Waals surface area contributed by atoms with E-state index in [0.717, 1.165) is 7.11 Å². The topological polar surface area (TPSA) is 89.5 Å². The SMILES string of the molecule is COC[C@H]1O[C@@H](OS(=O)(=O)C(F)(F)F)[C@@H](OC)[C@@H](OC)[C@@H]1OC. The van der Waals surface area contributed by atoms with Gasteiger partial charge in [-0.1, -0.05) is 0 Å². The molecule has 8 nitrogen and oxygen atoms in total. The van der Waals surface area contributed by atoms with Crippen LogP contribution >= 0.6 is 0 Å². The zero-order valence-electron chi connectivity index (χ0n) is 12.9. The van der Waals surface area contributed by atoms with Crippen molar-refractivity contribution in [3.8, 4) is 0 Å². The van der Waals surface area contributed by atoms with Crippen molar-refractivity contribution in [2.75, 3.05) is 35.0 Å². The first-order valence-corrected chi connectivity index (χ1v) is 7.76. The van der Waals surface area contributed by atoms with E-state index in [9.17, 15) is 21.6 Å². The molecule has 0 amide bonds. The third-order valence-corrected chi connectivity index (χ3v) is 4.25. The highest BCUT2D eigenvalue weighted by molar-refractivity contribution is 7.87. The molecule has 5 atom stereocenters. The van der Waals surface area contributed by atoms with Gasteiger partial charge in [-0.05, 0) is 0 Å². The zero-order chi connectivity index (χ0) is 17.8. The van der Waals surface area contributed by atoms with Gasteiger partial charge in [-0.25, -0.2) is 4.18 Å². The van der Waals surface area contributed by atoms with E-state index in [1.54, 1.807) is 0 Å². The summed E-state index contributed by atoms with van der Waals surface area (Å²) in [7, 11) is -0.781. The van der Waals surface area contributed by atoms with Gasteiger partial charge in [0.25, 0.3) is 0 Å². The Bertz CT molecular complexity index is 468. The van der Waals surface area contributed by atoms with Gasteiger partial charge in [-0.2, -0.15) is 21.6 Å². The maximum Gasteiger partial charge on any atom is 0.523 e. The van der Waals surface area contributed by atoms with E-state index in [-0.39, 0.29) is 6.61 Å². The Balaban J connectivity index is 3.09. The summed E-state index contributed by atoms with van der Waals surface area (Å²) in [6.07, 6.45) is -5.77. The number of hydrogen-bond donors (Lipinski definition) is 0. The van der Waals surface area contributed by atoms with E-state index in [2.05, 4.69) is 4.18 Å². The van der Waals surface area contributed by atoms with E-state index >= 15 is 0 Å². The first kappa shape index (κ1) is 20.5. The van der Waals surface area contributed by atoms with Crippen LogP contribution in [0.5, 0.6) is 0 Å². The van der Waals surface area contributed by atoms with Gasteiger partial charge in [0.2, 0.25) is 6.29 Å². The van der Waals surface area contributed by atoms with Crippen LogP contribution in [0, 0.1) is 0 Å². The Morgan fingerprint density at radius 3 is 1.87 bits per heavy atom. The van der Waals surface area contributed by atoms with Crippen LogP contribution in [0.3, 0.4) is 0 Å². The molecule has 0 aliphatic carbocycles. The highest BCUT2D eigenvalue weighted by Gasteiger charge is 2.54. The molecule has 0 N–H and O–H groups in total. The van der Waals surface area contributed by atoms with Crippen LogP contribution in [0.1, 0.15) is 0 Å². The molecule has 1 fully saturated rings. The Morgan fingerprint density at radius 2 is 1.48 bits per heavy atom. The van der Waals surface area contributed by atoms with Crippen molar-refractivity contribution in [1.82, 2.24) is 0 Å². The van der Waals surface area contributed by atoms with Gasteiger partial charge < -0.3 is 23.7 Å². The van der Waals surface area contributed by atoms with E-state index in [1.165, 1.54) is 21.3 Å². The largest absolute Gasteiger partial charge is 0.523 e. The maximum atomic E-state index is 12.5. The predicted molar refractivity (Wildman–Crippen MR) is 69.0 cm³/mol. The summed E-state index contributed by atoms with van der Waals surface area (Å²) in [5.41, 5.74) is -5.59. The lowest BCUT2D eigenvalue weighted by atomic mass is 9.98. The average molecular weight is 368 g/mol. The minimum absolute atomic E-state index is 0.0826. The van der Waals surface area contributed by atoms with Crippen molar-refractivity contribution in [2.24, 2.45) is 0 Å². The summed E-state index contributed by atoms with van der Waals surface area (Å²) in [5.74, 6) is 0. The van der Waals surface area contributed by atoms with Crippen molar-refractivity contribution in [2.45, 2.75) is 36.2 Å². The average Bonchev–Trinajstić information content (AvgIpc) is 2.45. The summed E-state index contributed by atoms with van der Waals surface area (Å²) in [5, 5.41) is 0. The van der Waals surface area contributed by atoms with Crippen LogP contribution in [-0.4, -0.2) is 79.7 Å². The fraction of sp³-hybridized carbons (Fsp3) is 1.00. The fourth-order valence-corrected chi connectivity index (χ4v) is 2.75. The molecule has 0 aromatic carbocycles. The van der Waals surface area contributed by atoms with E-state index in [0.29, 0.717) is 0 Å². The van der Waals surface area contributed by atoms with E-state index in [4.69, 9.17) is 23.7 Å². The Kier molecular flexibility index (Phi) is 7.19. The normalized spacial score (nSPS) is 32.9. The summed E-state index contributed by atoms with van der Waals surface area (Å²) in [4.78, 5) is 0. The molecule has 0 radical (unpaired) electrons. The lowest BCUT2D eigenvalue weighted by molar-refractivity contribution is -0.293. The molecule has 0 spiro atoms. The third kappa shape index (κ3) is 4.53. The van der Waals surface area contributed by atoms with Crippen molar-refractivity contribution >= 4 is 10.1 Å². The number of ether oxygens (including phenoxy) is 5. The molecule has 1 rings (SSSR count). The monoisotopic (exact) mass is 368 g/mol. The molecule has 0 unspecified atom stereocenters. The van der Waals surface area contributed by atoms with E-state index in [1.807, 2.05) is 0 Å². The molecule has 0 bridgehead atoms. The number of alkyl halides is 3. The van der Waals surface area contributed by atoms with Gasteiger partial charge in [-0.15, -0.1) is 0 Å². The number of rotatable bonds is 7. The second-order valence-electron chi connectivity index (χ2n) is 4.60. The van der Waals surface area contributed by atoms with Gasteiger partial charge in [-0.3, -0.25) is 0 Å². The Hall–Kier alpha value is -0.500. The van der Waals surface area contributed by atoms with Crippen LogP contribution in [0.15, 0.2) is 0 Å². The highest BCUT2D eigenvalue weighted by Crippen LogP contribution is 2.32. The van der Waals surface area contributed by atoms with Crippen molar-refractivity contribution in [1.29, 1.82) is 0 Å². The lowest BCUT2D eigenvalue weighted by Gasteiger charge is -2.43. The van der Waals surface area contributed by atoms with Gasteiger partial charge in [0.05, 0.1) is 6.61 Å². The molecular formula is C11H19F3O8S. The summed E-state index contributed by atoms with van der Waals surface area (Å²) < 4.78 is 89.6. The molecule has 1 heterocycles. The smallest absolute Gasteiger partial charge is 0.382 e. The number of halogens is 3. The molecule has 1 aliphatic heterocycles. The molecule has 0 aromatic heterocycles. The van der Waals surface area contributed by atoms with Crippen molar-refractivity contribution in [3.05, 3.63) is 0 Å². The minimum Gasteiger partial charge on any atom is -0.382 e. The quantitative estimate of drug-likeness (QED) is 0.467. The third-order valence-electron chi connectivity index (χ3n) is 3.24. The van der Waals surface area contributed by atoms with Crippen molar-refractivity contribution in [3.63, 3.8) is 0 Å². The van der Waals surface area contributed by atoms with Gasteiger partial charge in [0, 0.05) is 28.4 Å². The minimum atomic E-state index is -5.88. The van der Waals surface area contributed by atoms with E-state index < -0.39 is 46.3 Å². The van der Waals surface area contributed by atoms with Gasteiger partial charge in [0.15, 0.2) is 0 Å². The summed E-state index contributed by atoms with van der Waals surface area (Å²) >= 11 is 0. The van der Waals surface area contributed by atoms with Gasteiger partial charge in [0.1, 0.15) is 24.4 Å². The molecule has 12 heteroatoms. The van der Waals surface area contributed by atoms with Crippen molar-refractivity contribution < 1.29 is 49.5 Å². The Morgan fingerprint density at radius 1 is 0.957 bits per heavy atom. The first-order chi connectivity index (χ1) is 10.6. The van der Waals surface area contributed by atoms with Crippen LogP contribution in [0.4, 0.5) is 13.2 Å². The molecule has 138 valence electrons. The first-order valence-electron chi connectivity index (χ1n) is 6.35. The predicted octanol–water partition coefficient (Wildman–Crippen LogP) is 0.269. The zero-order valence-corrected chi connectivity index (χ0v) is 13.7. The standard InChI is InChI=1S/C11H19F3O8S/c1-17-5-6-7(18-2)8(19-3)9(20-4)10(21-6)22-23(15,16)11(12,13)14/h6-10H,5H2,1-4H3/t6-,7-,8+,9+,10+/m1/s1. The maximum absolute atomic E-state index is 12.5. The van der Waals surface area contributed by atoms with Crippen LogP contribution in [-0.2, 0) is 38.0 Å². The second-order valence-corrected chi connectivity index (χ2v) is 6.16. The van der Waals surface area contributed by atoms with Gasteiger partial charge >= 0.3 is 15.6 Å². The Labute approximate surface area is 131 Å².